The number of benzene rings is 1. The van der Waals surface area contributed by atoms with E-state index < -0.39 is 23.3 Å². The number of amides is 1. The monoisotopic (exact) mass is 293 g/mol. The SMILES string of the molecule is CC(C)Oc1cccc(C(=O)N[C@@H](C(=O)O)C(C)(C)C)c1. The second-order valence-corrected chi connectivity index (χ2v) is 6.31. The van der Waals surface area contributed by atoms with E-state index in [0.29, 0.717) is 11.3 Å². The fraction of sp³-hybridized carbons (Fsp3) is 0.500. The molecule has 5 heteroatoms. The van der Waals surface area contributed by atoms with Crippen molar-refractivity contribution in [2.45, 2.75) is 46.8 Å². The van der Waals surface area contributed by atoms with Gasteiger partial charge in [0.25, 0.3) is 5.91 Å². The van der Waals surface area contributed by atoms with Crippen molar-refractivity contribution < 1.29 is 19.4 Å². The van der Waals surface area contributed by atoms with Crippen molar-refractivity contribution in [2.24, 2.45) is 5.41 Å². The first-order valence-corrected chi connectivity index (χ1v) is 6.91. The molecule has 0 bridgehead atoms. The van der Waals surface area contributed by atoms with E-state index in [9.17, 15) is 14.7 Å². The molecule has 116 valence electrons. The maximum Gasteiger partial charge on any atom is 0.326 e. The Hall–Kier alpha value is -2.04. The average Bonchev–Trinajstić information content (AvgIpc) is 2.33. The van der Waals surface area contributed by atoms with Crippen LogP contribution in [0.15, 0.2) is 24.3 Å². The number of hydrogen-bond acceptors (Lipinski definition) is 3. The number of carboxylic acids is 1. The van der Waals surface area contributed by atoms with E-state index in [2.05, 4.69) is 5.32 Å². The van der Waals surface area contributed by atoms with Gasteiger partial charge in [0.2, 0.25) is 0 Å². The standard InChI is InChI=1S/C16H23NO4/c1-10(2)21-12-8-6-7-11(9-12)14(18)17-13(15(19)20)16(3,4)5/h6-10,13H,1-5H3,(H,17,18)(H,19,20)/t13-/m0/s1. The van der Waals surface area contributed by atoms with Crippen molar-refractivity contribution >= 4 is 11.9 Å². The normalized spacial score (nSPS) is 12.9. The first kappa shape index (κ1) is 17.0. The van der Waals surface area contributed by atoms with Gasteiger partial charge in [-0.25, -0.2) is 4.79 Å². The predicted molar refractivity (Wildman–Crippen MR) is 80.6 cm³/mol. The Morgan fingerprint density at radius 1 is 1.24 bits per heavy atom. The van der Waals surface area contributed by atoms with Gasteiger partial charge in [0.1, 0.15) is 11.8 Å². The lowest BCUT2D eigenvalue weighted by molar-refractivity contribution is -0.142. The lowest BCUT2D eigenvalue weighted by Crippen LogP contribution is -2.49. The van der Waals surface area contributed by atoms with Gasteiger partial charge in [-0.15, -0.1) is 0 Å². The van der Waals surface area contributed by atoms with Crippen LogP contribution in [0.5, 0.6) is 5.75 Å². The third kappa shape index (κ3) is 5.10. The van der Waals surface area contributed by atoms with Gasteiger partial charge in [-0.1, -0.05) is 26.8 Å². The molecule has 0 aliphatic carbocycles. The van der Waals surface area contributed by atoms with Crippen molar-refractivity contribution in [3.63, 3.8) is 0 Å². The fourth-order valence-electron chi connectivity index (χ4n) is 1.85. The van der Waals surface area contributed by atoms with E-state index >= 15 is 0 Å². The van der Waals surface area contributed by atoms with Crippen molar-refractivity contribution in [1.29, 1.82) is 0 Å². The van der Waals surface area contributed by atoms with Gasteiger partial charge in [-0.3, -0.25) is 4.79 Å². The van der Waals surface area contributed by atoms with E-state index in [1.165, 1.54) is 0 Å². The zero-order valence-electron chi connectivity index (χ0n) is 13.1. The third-order valence-electron chi connectivity index (χ3n) is 2.86. The van der Waals surface area contributed by atoms with E-state index in [0.717, 1.165) is 0 Å². The van der Waals surface area contributed by atoms with Crippen LogP contribution in [0.25, 0.3) is 0 Å². The highest BCUT2D eigenvalue weighted by Gasteiger charge is 2.32. The highest BCUT2D eigenvalue weighted by atomic mass is 16.5. The predicted octanol–water partition coefficient (Wildman–Crippen LogP) is 2.70. The Balaban J connectivity index is 2.90. The number of carboxylic acid groups (broad SMARTS) is 1. The molecule has 1 rings (SSSR count). The van der Waals surface area contributed by atoms with Crippen LogP contribution in [0.4, 0.5) is 0 Å². The Morgan fingerprint density at radius 3 is 2.33 bits per heavy atom. The molecule has 0 aromatic heterocycles. The van der Waals surface area contributed by atoms with Gasteiger partial charge in [0.05, 0.1) is 6.10 Å². The molecular weight excluding hydrogens is 270 g/mol. The Bertz CT molecular complexity index is 517. The molecule has 0 aliphatic heterocycles. The smallest absolute Gasteiger partial charge is 0.326 e. The van der Waals surface area contributed by atoms with Crippen molar-refractivity contribution in [1.82, 2.24) is 5.32 Å². The number of hydrogen-bond donors (Lipinski definition) is 2. The summed E-state index contributed by atoms with van der Waals surface area (Å²) in [5.74, 6) is -0.891. The average molecular weight is 293 g/mol. The van der Waals surface area contributed by atoms with Gasteiger partial charge >= 0.3 is 5.97 Å². The Morgan fingerprint density at radius 2 is 1.86 bits per heavy atom. The minimum absolute atomic E-state index is 0.00431. The van der Waals surface area contributed by atoms with Crippen LogP contribution in [-0.4, -0.2) is 29.1 Å². The molecule has 21 heavy (non-hydrogen) atoms. The summed E-state index contributed by atoms with van der Waals surface area (Å²) in [6.07, 6.45) is 0.00431. The second-order valence-electron chi connectivity index (χ2n) is 6.31. The molecule has 0 unspecified atom stereocenters. The topological polar surface area (TPSA) is 75.6 Å². The summed E-state index contributed by atoms with van der Waals surface area (Å²) in [6.45, 7) is 9.10. The summed E-state index contributed by atoms with van der Waals surface area (Å²) >= 11 is 0. The van der Waals surface area contributed by atoms with Gasteiger partial charge < -0.3 is 15.2 Å². The first-order chi connectivity index (χ1) is 9.61. The van der Waals surface area contributed by atoms with Gasteiger partial charge in [0.15, 0.2) is 0 Å². The van der Waals surface area contributed by atoms with Crippen LogP contribution in [0, 0.1) is 5.41 Å². The van der Waals surface area contributed by atoms with E-state index in [1.54, 1.807) is 45.0 Å². The van der Waals surface area contributed by atoms with Crippen LogP contribution in [0.2, 0.25) is 0 Å². The molecule has 1 aromatic rings. The van der Waals surface area contributed by atoms with Crippen LogP contribution in [0.1, 0.15) is 45.0 Å². The lowest BCUT2D eigenvalue weighted by atomic mass is 9.86. The molecule has 0 saturated carbocycles. The molecule has 0 heterocycles. The molecule has 0 radical (unpaired) electrons. The minimum atomic E-state index is -1.05. The molecule has 0 fully saturated rings. The Kier molecular flexibility index (Phi) is 5.35. The maximum atomic E-state index is 12.2. The van der Waals surface area contributed by atoms with Crippen LogP contribution in [0.3, 0.4) is 0 Å². The molecule has 0 aliphatic rings. The molecule has 2 N–H and O–H groups in total. The van der Waals surface area contributed by atoms with E-state index in [1.807, 2.05) is 13.8 Å². The number of nitrogens with one attached hydrogen (secondary N) is 1. The number of ether oxygens (including phenoxy) is 1. The van der Waals surface area contributed by atoms with Crippen molar-refractivity contribution in [3.05, 3.63) is 29.8 Å². The largest absolute Gasteiger partial charge is 0.491 e. The summed E-state index contributed by atoms with van der Waals surface area (Å²) in [6, 6.07) is 5.75. The maximum absolute atomic E-state index is 12.2. The molecule has 0 spiro atoms. The zero-order valence-corrected chi connectivity index (χ0v) is 13.1. The zero-order chi connectivity index (χ0) is 16.2. The van der Waals surface area contributed by atoms with Crippen molar-refractivity contribution in [2.75, 3.05) is 0 Å². The second kappa shape index (κ2) is 6.61. The van der Waals surface area contributed by atoms with Gasteiger partial charge in [-0.2, -0.15) is 0 Å². The summed E-state index contributed by atoms with van der Waals surface area (Å²) in [5, 5.41) is 11.8. The number of aliphatic carboxylic acids is 1. The quantitative estimate of drug-likeness (QED) is 0.875. The first-order valence-electron chi connectivity index (χ1n) is 6.91. The highest BCUT2D eigenvalue weighted by Crippen LogP contribution is 2.21. The summed E-state index contributed by atoms with van der Waals surface area (Å²) in [7, 11) is 0. The molecule has 5 nitrogen and oxygen atoms in total. The third-order valence-corrected chi connectivity index (χ3v) is 2.86. The molecular formula is C16H23NO4. The van der Waals surface area contributed by atoms with Crippen LogP contribution >= 0.6 is 0 Å². The summed E-state index contributed by atoms with van der Waals surface area (Å²) in [4.78, 5) is 23.5. The minimum Gasteiger partial charge on any atom is -0.491 e. The van der Waals surface area contributed by atoms with E-state index in [-0.39, 0.29) is 6.10 Å². The summed E-state index contributed by atoms with van der Waals surface area (Å²) in [5.41, 5.74) is -0.197. The lowest BCUT2D eigenvalue weighted by Gasteiger charge is -2.27. The molecule has 1 amide bonds. The van der Waals surface area contributed by atoms with Gasteiger partial charge in [0, 0.05) is 5.56 Å². The molecule has 1 atom stereocenters. The number of rotatable bonds is 5. The van der Waals surface area contributed by atoms with Crippen molar-refractivity contribution in [3.8, 4) is 5.75 Å². The fourth-order valence-corrected chi connectivity index (χ4v) is 1.85. The van der Waals surface area contributed by atoms with E-state index in [4.69, 9.17) is 4.74 Å². The summed E-state index contributed by atoms with van der Waals surface area (Å²) < 4.78 is 5.53. The molecule has 0 saturated heterocycles. The highest BCUT2D eigenvalue weighted by molar-refractivity contribution is 5.97. The van der Waals surface area contributed by atoms with Crippen LogP contribution < -0.4 is 10.1 Å². The Labute approximate surface area is 125 Å². The number of carbonyl (C=O) groups excluding carboxylic acids is 1. The molecule has 1 aromatic carbocycles. The number of carbonyl (C=O) groups is 2. The van der Waals surface area contributed by atoms with Gasteiger partial charge in [-0.05, 0) is 37.5 Å². The van der Waals surface area contributed by atoms with Crippen LogP contribution in [-0.2, 0) is 4.79 Å².